The fourth-order valence-electron chi connectivity index (χ4n) is 4.04. The van der Waals surface area contributed by atoms with E-state index in [1.54, 1.807) is 0 Å². The lowest BCUT2D eigenvalue weighted by Gasteiger charge is -2.49. The summed E-state index contributed by atoms with van der Waals surface area (Å²) >= 11 is 0. The average molecular weight is 420 g/mol. The van der Waals surface area contributed by atoms with Gasteiger partial charge < -0.3 is 4.90 Å². The summed E-state index contributed by atoms with van der Waals surface area (Å²) in [4.78, 5) is 2.37. The van der Waals surface area contributed by atoms with Gasteiger partial charge >= 0.3 is 0 Å². The second kappa shape index (κ2) is 9.34. The van der Waals surface area contributed by atoms with Crippen molar-refractivity contribution in [3.05, 3.63) is 24.2 Å². The van der Waals surface area contributed by atoms with E-state index in [-0.39, 0.29) is 0 Å². The number of rotatable bonds is 3. The Morgan fingerprint density at radius 3 is 2.60 bits per heavy atom. The Morgan fingerprint density at radius 1 is 0.900 bits per heavy atom. The molecule has 3 fully saturated rings. The minimum atomic E-state index is 0.771. The highest BCUT2D eigenvalue weighted by atomic mass is 16.2. The maximum absolute atomic E-state index is 5.12. The third-order valence-corrected chi connectivity index (χ3v) is 5.60. The van der Waals surface area contributed by atoms with Crippen LogP contribution in [0.25, 0.3) is 0 Å². The van der Waals surface area contributed by atoms with Gasteiger partial charge in [-0.25, -0.2) is 16.3 Å². The topological polar surface area (TPSA) is 104 Å². The number of nitrogens with one attached hydrogen (secondary N) is 6. The first kappa shape index (κ1) is 19.8. The summed E-state index contributed by atoms with van der Waals surface area (Å²) in [5.74, 6) is 0.941. The zero-order chi connectivity index (χ0) is 20.2. The normalized spacial score (nSPS) is 26.7. The van der Waals surface area contributed by atoms with Crippen molar-refractivity contribution in [3.8, 4) is 0 Å². The van der Waals surface area contributed by atoms with E-state index in [4.69, 9.17) is 5.10 Å². The molecule has 13 nitrogen and oxygen atoms in total. The summed E-state index contributed by atoms with van der Waals surface area (Å²) in [6.07, 6.45) is 10.7. The summed E-state index contributed by atoms with van der Waals surface area (Å²) in [6, 6.07) is 0. The van der Waals surface area contributed by atoms with E-state index < -0.39 is 0 Å². The molecule has 0 atom stereocenters. The van der Waals surface area contributed by atoms with Gasteiger partial charge in [0.2, 0.25) is 0 Å². The third kappa shape index (κ3) is 4.18. The Kier molecular flexibility index (Phi) is 6.17. The quantitative estimate of drug-likeness (QED) is 0.302. The van der Waals surface area contributed by atoms with Gasteiger partial charge in [-0.15, -0.1) is 20.9 Å². The molecule has 30 heavy (non-hydrogen) atoms. The first-order chi connectivity index (χ1) is 14.9. The molecule has 0 saturated carbocycles. The molecule has 0 aromatic rings. The van der Waals surface area contributed by atoms with Crippen LogP contribution in [0.5, 0.6) is 0 Å². The Morgan fingerprint density at radius 2 is 1.87 bits per heavy atom. The number of hydrogen-bond donors (Lipinski definition) is 6. The van der Waals surface area contributed by atoms with E-state index in [2.05, 4.69) is 54.8 Å². The first-order valence-corrected chi connectivity index (χ1v) is 11.0. The van der Waals surface area contributed by atoms with Crippen molar-refractivity contribution in [2.75, 3.05) is 52.5 Å². The minimum Gasteiger partial charge on any atom is -0.354 e. The summed E-state index contributed by atoms with van der Waals surface area (Å²) in [5, 5.41) is 18.5. The van der Waals surface area contributed by atoms with E-state index in [0.717, 1.165) is 83.3 Å². The van der Waals surface area contributed by atoms with Gasteiger partial charge in [0.05, 0.1) is 12.9 Å². The molecule has 0 aromatic heterocycles. The van der Waals surface area contributed by atoms with Crippen LogP contribution in [-0.2, 0) is 0 Å². The lowest BCUT2D eigenvalue weighted by molar-refractivity contribution is -0.285. The molecule has 3 saturated heterocycles. The largest absolute Gasteiger partial charge is 0.354 e. The molecule has 0 bridgehead atoms. The molecule has 0 unspecified atom stereocenters. The van der Waals surface area contributed by atoms with Gasteiger partial charge in [0.15, 0.2) is 5.84 Å². The van der Waals surface area contributed by atoms with E-state index in [1.807, 2.05) is 26.8 Å². The molecule has 5 aliphatic heterocycles. The predicted molar refractivity (Wildman–Crippen MR) is 112 cm³/mol. The van der Waals surface area contributed by atoms with Crippen LogP contribution in [0.15, 0.2) is 29.3 Å². The van der Waals surface area contributed by atoms with Crippen LogP contribution in [0.1, 0.15) is 25.7 Å². The van der Waals surface area contributed by atoms with Crippen molar-refractivity contribution in [1.29, 1.82) is 0 Å². The number of hydrogen-bond acceptors (Lipinski definition) is 13. The summed E-state index contributed by atoms with van der Waals surface area (Å²) in [5.41, 5.74) is 17.5. The van der Waals surface area contributed by atoms with Crippen molar-refractivity contribution in [3.63, 3.8) is 0 Å². The third-order valence-electron chi connectivity index (χ3n) is 5.60. The first-order valence-electron chi connectivity index (χ1n) is 11.0. The van der Waals surface area contributed by atoms with Crippen molar-refractivity contribution < 1.29 is 0 Å². The lowest BCUT2D eigenvalue weighted by atomic mass is 10.2. The molecule has 0 amide bonds. The summed E-state index contributed by atoms with van der Waals surface area (Å²) in [6.45, 7) is 7.33. The summed E-state index contributed by atoms with van der Waals surface area (Å²) in [7, 11) is 0. The number of amidine groups is 1. The zero-order valence-electron chi connectivity index (χ0n) is 17.3. The number of hydrazone groups is 1. The Hall–Kier alpha value is -2.13. The SMILES string of the molecule is C1=CN(N2C=C(N3CCCNC3)C(N3CCCCN3)=NN2N2CCCNN2)NNC1. The van der Waals surface area contributed by atoms with Crippen LogP contribution in [0, 0.1) is 0 Å². The Balaban J connectivity index is 1.50. The molecule has 13 heteroatoms. The molecule has 5 rings (SSSR count). The van der Waals surface area contributed by atoms with Gasteiger partial charge in [-0.05, 0) is 38.3 Å². The number of hydrazine groups is 8. The van der Waals surface area contributed by atoms with Crippen molar-refractivity contribution in [1.82, 2.24) is 63.2 Å². The standard InChI is InChI=1S/C17H33N13/c1-2-11-26(21-9-1)17-16(25-10-3-6-18-15-25)14-29(27-12-4-7-19-23-27)30(22-17)28-13-5-8-20-24-28/h4,12,14,18-21,23-24H,1-3,5-11,13,15H2. The Labute approximate surface area is 177 Å². The van der Waals surface area contributed by atoms with Gasteiger partial charge in [-0.1, -0.05) is 5.23 Å². The zero-order valence-corrected chi connectivity index (χ0v) is 17.3. The van der Waals surface area contributed by atoms with Gasteiger partial charge in [0.1, 0.15) is 5.70 Å². The van der Waals surface area contributed by atoms with Gasteiger partial charge in [0, 0.05) is 45.5 Å². The molecule has 0 aromatic carbocycles. The Bertz CT molecular complexity index is 661. The van der Waals surface area contributed by atoms with E-state index >= 15 is 0 Å². The molecule has 0 aliphatic carbocycles. The van der Waals surface area contributed by atoms with Crippen LogP contribution < -0.4 is 32.7 Å². The fraction of sp³-hybridized carbons (Fsp3) is 0.706. The van der Waals surface area contributed by atoms with E-state index in [9.17, 15) is 0 Å². The molecular formula is C17H33N13. The van der Waals surface area contributed by atoms with Gasteiger partial charge in [-0.3, -0.25) is 10.3 Å². The van der Waals surface area contributed by atoms with E-state index in [1.165, 1.54) is 6.42 Å². The fourth-order valence-corrected chi connectivity index (χ4v) is 4.04. The minimum absolute atomic E-state index is 0.771. The maximum Gasteiger partial charge on any atom is 0.192 e. The van der Waals surface area contributed by atoms with Crippen LogP contribution in [0.3, 0.4) is 0 Å². The van der Waals surface area contributed by atoms with Crippen LogP contribution in [0.4, 0.5) is 0 Å². The second-order valence-electron chi connectivity index (χ2n) is 7.81. The van der Waals surface area contributed by atoms with Crippen LogP contribution in [0.2, 0.25) is 0 Å². The highest BCUT2D eigenvalue weighted by Crippen LogP contribution is 2.23. The smallest absolute Gasteiger partial charge is 0.192 e. The van der Waals surface area contributed by atoms with Crippen molar-refractivity contribution in [2.45, 2.75) is 25.7 Å². The second-order valence-corrected chi connectivity index (χ2v) is 7.81. The predicted octanol–water partition coefficient (Wildman–Crippen LogP) is -2.09. The highest BCUT2D eigenvalue weighted by Gasteiger charge is 2.35. The molecular weight excluding hydrogens is 386 g/mol. The van der Waals surface area contributed by atoms with Gasteiger partial charge in [-0.2, -0.15) is 10.7 Å². The maximum atomic E-state index is 5.12. The van der Waals surface area contributed by atoms with Crippen molar-refractivity contribution >= 4 is 5.84 Å². The molecule has 6 N–H and O–H groups in total. The number of nitrogens with zero attached hydrogens (tertiary/aromatic N) is 7. The van der Waals surface area contributed by atoms with Crippen LogP contribution >= 0.6 is 0 Å². The van der Waals surface area contributed by atoms with Crippen LogP contribution in [-0.4, -0.2) is 88.8 Å². The molecule has 0 spiro atoms. The summed E-state index contributed by atoms with van der Waals surface area (Å²) < 4.78 is 0. The van der Waals surface area contributed by atoms with E-state index in [0.29, 0.717) is 0 Å². The van der Waals surface area contributed by atoms with Crippen molar-refractivity contribution in [2.24, 2.45) is 5.10 Å². The molecule has 5 heterocycles. The lowest BCUT2D eigenvalue weighted by Crippen LogP contribution is -2.68. The van der Waals surface area contributed by atoms with Gasteiger partial charge in [0.25, 0.3) is 0 Å². The molecule has 5 aliphatic rings. The highest BCUT2D eigenvalue weighted by molar-refractivity contribution is 5.97. The molecule has 0 radical (unpaired) electrons. The molecule has 166 valence electrons. The average Bonchev–Trinajstić information content (AvgIpc) is 2.85. The monoisotopic (exact) mass is 419 g/mol.